The zero-order chi connectivity index (χ0) is 20.8. The molecule has 1 aliphatic heterocycles. The van der Waals surface area contributed by atoms with E-state index in [-0.39, 0.29) is 5.91 Å². The highest BCUT2D eigenvalue weighted by Crippen LogP contribution is 2.22. The van der Waals surface area contributed by atoms with E-state index in [4.69, 9.17) is 9.47 Å². The van der Waals surface area contributed by atoms with Crippen LogP contribution in [-0.2, 0) is 4.74 Å². The van der Waals surface area contributed by atoms with Crippen LogP contribution in [0.2, 0.25) is 0 Å². The number of carbonyl (C=O) groups is 1. The average Bonchev–Trinajstić information content (AvgIpc) is 2.81. The zero-order valence-electron chi connectivity index (χ0n) is 16.9. The van der Waals surface area contributed by atoms with Crippen LogP contribution in [0.3, 0.4) is 0 Å². The fourth-order valence-electron chi connectivity index (χ4n) is 3.27. The number of nitrogens with one attached hydrogen (secondary N) is 1. The number of rotatable bonds is 6. The van der Waals surface area contributed by atoms with Gasteiger partial charge in [-0.2, -0.15) is 0 Å². The Bertz CT molecular complexity index is 984. The van der Waals surface area contributed by atoms with Crippen molar-refractivity contribution in [1.29, 1.82) is 0 Å². The van der Waals surface area contributed by atoms with E-state index in [1.807, 2.05) is 49.4 Å². The summed E-state index contributed by atoms with van der Waals surface area (Å²) in [6.45, 7) is 5.60. The molecule has 3 aromatic rings. The van der Waals surface area contributed by atoms with Gasteiger partial charge < -0.3 is 19.7 Å². The van der Waals surface area contributed by atoms with E-state index in [9.17, 15) is 4.79 Å². The molecule has 30 heavy (non-hydrogen) atoms. The Morgan fingerprint density at radius 3 is 2.50 bits per heavy atom. The molecule has 1 saturated heterocycles. The second-order valence-electron chi connectivity index (χ2n) is 6.85. The number of hydrogen-bond acceptors (Lipinski definition) is 6. The van der Waals surface area contributed by atoms with Crippen LogP contribution < -0.4 is 15.0 Å². The van der Waals surface area contributed by atoms with Crippen LogP contribution in [0.1, 0.15) is 17.3 Å². The molecule has 2 heterocycles. The van der Waals surface area contributed by atoms with Crippen molar-refractivity contribution in [1.82, 2.24) is 9.97 Å². The number of aromatic nitrogens is 2. The number of benzene rings is 2. The third-order valence-electron chi connectivity index (χ3n) is 4.85. The van der Waals surface area contributed by atoms with Crippen LogP contribution in [0.5, 0.6) is 5.75 Å². The lowest BCUT2D eigenvalue weighted by Crippen LogP contribution is -2.36. The Balaban J connectivity index is 1.44. The van der Waals surface area contributed by atoms with Gasteiger partial charge in [-0.25, -0.2) is 9.97 Å². The van der Waals surface area contributed by atoms with E-state index in [1.165, 1.54) is 0 Å². The van der Waals surface area contributed by atoms with Crippen molar-refractivity contribution in [3.63, 3.8) is 0 Å². The van der Waals surface area contributed by atoms with Gasteiger partial charge in [-0.15, -0.1) is 0 Å². The predicted molar refractivity (Wildman–Crippen MR) is 116 cm³/mol. The summed E-state index contributed by atoms with van der Waals surface area (Å²) in [4.78, 5) is 23.5. The third kappa shape index (κ3) is 4.75. The SMILES string of the molecule is CCOc1ccc(NC(=O)c2ccc(-c3cc(N4CCOCC4)ncn3)cc2)cc1. The van der Waals surface area contributed by atoms with Crippen molar-refractivity contribution in [2.75, 3.05) is 43.1 Å². The molecule has 0 atom stereocenters. The maximum absolute atomic E-state index is 12.5. The van der Waals surface area contributed by atoms with Crippen LogP contribution in [-0.4, -0.2) is 48.8 Å². The van der Waals surface area contributed by atoms with Gasteiger partial charge in [-0.3, -0.25) is 4.79 Å². The van der Waals surface area contributed by atoms with Gasteiger partial charge in [-0.1, -0.05) is 12.1 Å². The smallest absolute Gasteiger partial charge is 0.255 e. The van der Waals surface area contributed by atoms with Crippen LogP contribution in [0.4, 0.5) is 11.5 Å². The van der Waals surface area contributed by atoms with Crippen molar-refractivity contribution in [3.8, 4) is 17.0 Å². The molecule has 4 rings (SSSR count). The fraction of sp³-hybridized carbons (Fsp3) is 0.261. The van der Waals surface area contributed by atoms with Crippen LogP contribution in [0.15, 0.2) is 60.9 Å². The van der Waals surface area contributed by atoms with E-state index in [1.54, 1.807) is 18.5 Å². The first-order chi connectivity index (χ1) is 14.7. The number of anilines is 2. The van der Waals surface area contributed by atoms with Crippen molar-refractivity contribution in [3.05, 3.63) is 66.5 Å². The minimum absolute atomic E-state index is 0.164. The van der Waals surface area contributed by atoms with Gasteiger partial charge in [0.2, 0.25) is 0 Å². The van der Waals surface area contributed by atoms with E-state index >= 15 is 0 Å². The molecule has 154 valence electrons. The molecule has 1 aromatic heterocycles. The van der Waals surface area contributed by atoms with Crippen molar-refractivity contribution in [2.45, 2.75) is 6.92 Å². The number of amides is 1. The summed E-state index contributed by atoms with van der Waals surface area (Å²) in [6, 6.07) is 16.7. The van der Waals surface area contributed by atoms with Gasteiger partial charge >= 0.3 is 0 Å². The predicted octanol–water partition coefficient (Wildman–Crippen LogP) is 3.63. The molecule has 1 aliphatic rings. The molecule has 7 nitrogen and oxygen atoms in total. The average molecular weight is 404 g/mol. The molecular weight excluding hydrogens is 380 g/mol. The molecule has 1 N–H and O–H groups in total. The van der Waals surface area contributed by atoms with Crippen molar-refractivity contribution < 1.29 is 14.3 Å². The zero-order valence-corrected chi connectivity index (χ0v) is 16.9. The second-order valence-corrected chi connectivity index (χ2v) is 6.85. The molecule has 0 radical (unpaired) electrons. The van der Waals surface area contributed by atoms with Crippen LogP contribution in [0, 0.1) is 0 Å². The molecule has 0 aliphatic carbocycles. The van der Waals surface area contributed by atoms with Gasteiger partial charge in [0, 0.05) is 36.0 Å². The molecule has 0 spiro atoms. The Hall–Kier alpha value is -3.45. The van der Waals surface area contributed by atoms with Gasteiger partial charge in [0.25, 0.3) is 5.91 Å². The topological polar surface area (TPSA) is 76.6 Å². The van der Waals surface area contributed by atoms with Gasteiger partial charge in [-0.05, 0) is 43.3 Å². The molecule has 0 unspecified atom stereocenters. The lowest BCUT2D eigenvalue weighted by atomic mass is 10.1. The van der Waals surface area contributed by atoms with E-state index < -0.39 is 0 Å². The largest absolute Gasteiger partial charge is 0.494 e. The first-order valence-corrected chi connectivity index (χ1v) is 10.0. The summed E-state index contributed by atoms with van der Waals surface area (Å²) in [5.74, 6) is 1.50. The summed E-state index contributed by atoms with van der Waals surface area (Å²) >= 11 is 0. The van der Waals surface area contributed by atoms with Gasteiger partial charge in [0.15, 0.2) is 0 Å². The number of hydrogen-bond donors (Lipinski definition) is 1. The quantitative estimate of drug-likeness (QED) is 0.676. The Kier molecular flexibility index (Phi) is 6.20. The molecule has 7 heteroatoms. The van der Waals surface area contributed by atoms with Gasteiger partial charge in [0.1, 0.15) is 17.9 Å². The lowest BCUT2D eigenvalue weighted by molar-refractivity contribution is 0.102. The van der Waals surface area contributed by atoms with Crippen molar-refractivity contribution in [2.24, 2.45) is 0 Å². The fourth-order valence-corrected chi connectivity index (χ4v) is 3.27. The summed E-state index contributed by atoms with van der Waals surface area (Å²) in [6.07, 6.45) is 1.58. The second kappa shape index (κ2) is 9.37. The highest BCUT2D eigenvalue weighted by molar-refractivity contribution is 6.04. The highest BCUT2D eigenvalue weighted by Gasteiger charge is 2.14. The Morgan fingerprint density at radius 2 is 1.80 bits per heavy atom. The van der Waals surface area contributed by atoms with Crippen LogP contribution in [0.25, 0.3) is 11.3 Å². The first kappa shape index (κ1) is 19.8. The van der Waals surface area contributed by atoms with Crippen LogP contribution >= 0.6 is 0 Å². The maximum Gasteiger partial charge on any atom is 0.255 e. The standard InChI is InChI=1S/C23H24N4O3/c1-2-30-20-9-7-19(8-10-20)26-23(28)18-5-3-17(4-6-18)21-15-22(25-16-24-21)27-11-13-29-14-12-27/h3-10,15-16H,2,11-14H2,1H3,(H,26,28). The minimum atomic E-state index is -0.164. The number of nitrogens with zero attached hydrogens (tertiary/aromatic N) is 3. The number of ether oxygens (including phenoxy) is 2. The molecule has 0 saturated carbocycles. The molecule has 2 aromatic carbocycles. The van der Waals surface area contributed by atoms with Crippen molar-refractivity contribution >= 4 is 17.4 Å². The molecular formula is C23H24N4O3. The third-order valence-corrected chi connectivity index (χ3v) is 4.85. The summed E-state index contributed by atoms with van der Waals surface area (Å²) in [7, 11) is 0. The normalized spacial score (nSPS) is 13.7. The molecule has 0 bridgehead atoms. The Morgan fingerprint density at radius 1 is 1.07 bits per heavy atom. The lowest BCUT2D eigenvalue weighted by Gasteiger charge is -2.27. The van der Waals surface area contributed by atoms with E-state index in [0.717, 1.165) is 41.6 Å². The summed E-state index contributed by atoms with van der Waals surface area (Å²) in [5.41, 5.74) is 3.06. The number of morpholine rings is 1. The summed E-state index contributed by atoms with van der Waals surface area (Å²) in [5, 5.41) is 2.90. The summed E-state index contributed by atoms with van der Waals surface area (Å²) < 4.78 is 10.8. The first-order valence-electron chi connectivity index (χ1n) is 10.0. The number of carbonyl (C=O) groups excluding carboxylic acids is 1. The minimum Gasteiger partial charge on any atom is -0.494 e. The maximum atomic E-state index is 12.5. The Labute approximate surface area is 175 Å². The monoisotopic (exact) mass is 404 g/mol. The van der Waals surface area contributed by atoms with E-state index in [0.29, 0.717) is 25.4 Å². The molecule has 1 amide bonds. The highest BCUT2D eigenvalue weighted by atomic mass is 16.5. The van der Waals surface area contributed by atoms with Gasteiger partial charge in [0.05, 0.1) is 25.5 Å². The molecule has 1 fully saturated rings. The van der Waals surface area contributed by atoms with E-state index in [2.05, 4.69) is 20.2 Å².